The van der Waals surface area contributed by atoms with Crippen LogP contribution in [-0.4, -0.2) is 40.2 Å². The first kappa shape index (κ1) is 20.6. The van der Waals surface area contributed by atoms with Gasteiger partial charge in [0, 0.05) is 59.8 Å². The van der Waals surface area contributed by atoms with Crippen molar-refractivity contribution in [1.82, 2.24) is 19.9 Å². The standard InChI is InChI=1S/C25H24N4O2S/c30-23(20-6-8-21(9-7-20)29-13-12-26-18-29)27-17-25(10-14-31-15-11-25)24-28-22(16-32-24)19-4-2-1-3-5-19/h1-9,12-13,16,18H,10-11,14-15,17H2,(H,27,30). The maximum Gasteiger partial charge on any atom is 0.251 e. The summed E-state index contributed by atoms with van der Waals surface area (Å²) in [6.07, 6.45) is 7.03. The Bertz CT molecular complexity index is 1160. The fourth-order valence-corrected chi connectivity index (χ4v) is 5.12. The van der Waals surface area contributed by atoms with Crippen molar-refractivity contribution < 1.29 is 9.53 Å². The third kappa shape index (κ3) is 4.22. The lowest BCUT2D eigenvalue weighted by Gasteiger charge is -2.35. The third-order valence-corrected chi connectivity index (χ3v) is 7.09. The number of nitrogens with zero attached hydrogens (tertiary/aromatic N) is 3. The summed E-state index contributed by atoms with van der Waals surface area (Å²) in [5.41, 5.74) is 3.50. The molecular formula is C25H24N4O2S. The van der Waals surface area contributed by atoms with Gasteiger partial charge in [-0.15, -0.1) is 11.3 Å². The molecule has 1 aliphatic rings. The van der Waals surface area contributed by atoms with Gasteiger partial charge >= 0.3 is 0 Å². The Hall–Kier alpha value is -3.29. The number of imidazole rings is 1. The van der Waals surface area contributed by atoms with Gasteiger partial charge in [-0.1, -0.05) is 30.3 Å². The number of benzene rings is 2. The van der Waals surface area contributed by atoms with E-state index in [1.807, 2.05) is 53.2 Å². The minimum atomic E-state index is -0.206. The minimum Gasteiger partial charge on any atom is -0.381 e. The van der Waals surface area contributed by atoms with Crippen LogP contribution in [0.2, 0.25) is 0 Å². The number of hydrogen-bond donors (Lipinski definition) is 1. The van der Waals surface area contributed by atoms with Gasteiger partial charge in [0.05, 0.1) is 12.0 Å². The topological polar surface area (TPSA) is 69.0 Å². The lowest BCUT2D eigenvalue weighted by molar-refractivity contribution is 0.0486. The lowest BCUT2D eigenvalue weighted by atomic mass is 9.80. The van der Waals surface area contributed by atoms with E-state index in [4.69, 9.17) is 9.72 Å². The van der Waals surface area contributed by atoms with E-state index in [0.29, 0.717) is 25.3 Å². The second kappa shape index (κ2) is 9.06. The number of aromatic nitrogens is 3. The molecule has 1 N–H and O–H groups in total. The van der Waals surface area contributed by atoms with Crippen molar-refractivity contribution in [2.24, 2.45) is 0 Å². The molecule has 1 aliphatic heterocycles. The fraction of sp³-hybridized carbons (Fsp3) is 0.240. The van der Waals surface area contributed by atoms with E-state index in [1.165, 1.54) is 0 Å². The summed E-state index contributed by atoms with van der Waals surface area (Å²) in [7, 11) is 0. The predicted molar refractivity (Wildman–Crippen MR) is 125 cm³/mol. The maximum atomic E-state index is 12.9. The highest BCUT2D eigenvalue weighted by atomic mass is 32.1. The van der Waals surface area contributed by atoms with Crippen LogP contribution in [0, 0.1) is 0 Å². The van der Waals surface area contributed by atoms with Gasteiger partial charge in [0.15, 0.2) is 0 Å². The molecule has 162 valence electrons. The van der Waals surface area contributed by atoms with Crippen LogP contribution in [-0.2, 0) is 10.2 Å². The molecule has 0 unspecified atom stereocenters. The van der Waals surface area contributed by atoms with Gasteiger partial charge in [-0.05, 0) is 37.1 Å². The normalized spacial score (nSPS) is 15.4. The molecule has 0 aliphatic carbocycles. The molecule has 32 heavy (non-hydrogen) atoms. The summed E-state index contributed by atoms with van der Waals surface area (Å²) in [5, 5.41) is 6.34. The first-order valence-electron chi connectivity index (χ1n) is 10.7. The molecule has 1 amide bonds. The fourth-order valence-electron chi connectivity index (χ4n) is 4.04. The Kier molecular flexibility index (Phi) is 5.83. The number of thiazole rings is 1. The quantitative estimate of drug-likeness (QED) is 0.476. The number of amides is 1. The average Bonchev–Trinajstić information content (AvgIpc) is 3.57. The monoisotopic (exact) mass is 444 g/mol. The van der Waals surface area contributed by atoms with Crippen LogP contribution in [0.5, 0.6) is 0 Å². The van der Waals surface area contributed by atoms with Gasteiger partial charge < -0.3 is 14.6 Å². The summed E-state index contributed by atoms with van der Waals surface area (Å²) >= 11 is 1.67. The highest BCUT2D eigenvalue weighted by Gasteiger charge is 2.37. The van der Waals surface area contributed by atoms with Crippen molar-refractivity contribution >= 4 is 17.2 Å². The third-order valence-electron chi connectivity index (χ3n) is 6.00. The highest BCUT2D eigenvalue weighted by Crippen LogP contribution is 2.38. The van der Waals surface area contributed by atoms with Crippen molar-refractivity contribution in [1.29, 1.82) is 0 Å². The van der Waals surface area contributed by atoms with Crippen LogP contribution < -0.4 is 5.32 Å². The average molecular weight is 445 g/mol. The molecule has 2 aromatic heterocycles. The van der Waals surface area contributed by atoms with E-state index in [9.17, 15) is 4.79 Å². The van der Waals surface area contributed by atoms with Crippen molar-refractivity contribution in [3.05, 3.63) is 89.3 Å². The smallest absolute Gasteiger partial charge is 0.251 e. The molecule has 6 nitrogen and oxygen atoms in total. The molecule has 0 radical (unpaired) electrons. The van der Waals surface area contributed by atoms with Crippen LogP contribution in [0.3, 0.4) is 0 Å². The van der Waals surface area contributed by atoms with E-state index in [0.717, 1.165) is 34.8 Å². The van der Waals surface area contributed by atoms with Gasteiger partial charge in [-0.25, -0.2) is 9.97 Å². The molecule has 0 spiro atoms. The van der Waals surface area contributed by atoms with Gasteiger partial charge in [0.25, 0.3) is 5.91 Å². The van der Waals surface area contributed by atoms with Gasteiger partial charge in [0.2, 0.25) is 0 Å². The number of hydrogen-bond acceptors (Lipinski definition) is 5. The van der Waals surface area contributed by atoms with Crippen LogP contribution >= 0.6 is 11.3 Å². The van der Waals surface area contributed by atoms with Crippen LogP contribution in [0.15, 0.2) is 78.7 Å². The number of carbonyl (C=O) groups is 1. The van der Waals surface area contributed by atoms with Gasteiger partial charge in [-0.3, -0.25) is 4.79 Å². The molecule has 0 atom stereocenters. The van der Waals surface area contributed by atoms with Crippen LogP contribution in [0.4, 0.5) is 0 Å². The Morgan fingerprint density at radius 2 is 1.88 bits per heavy atom. The maximum absolute atomic E-state index is 12.9. The minimum absolute atomic E-state index is 0.0760. The Morgan fingerprint density at radius 1 is 1.09 bits per heavy atom. The lowest BCUT2D eigenvalue weighted by Crippen LogP contribution is -2.44. The largest absolute Gasteiger partial charge is 0.381 e. The van der Waals surface area contributed by atoms with E-state index in [2.05, 4.69) is 27.8 Å². The van der Waals surface area contributed by atoms with Crippen molar-refractivity contribution in [3.8, 4) is 16.9 Å². The summed E-state index contributed by atoms with van der Waals surface area (Å²) in [6, 6.07) is 17.7. The zero-order chi connectivity index (χ0) is 21.8. The Labute approximate surface area is 190 Å². The molecule has 5 rings (SSSR count). The number of nitrogens with one attached hydrogen (secondary N) is 1. The second-order valence-electron chi connectivity index (χ2n) is 8.00. The van der Waals surface area contributed by atoms with Crippen molar-refractivity contribution in [2.45, 2.75) is 18.3 Å². The zero-order valence-electron chi connectivity index (χ0n) is 17.6. The highest BCUT2D eigenvalue weighted by molar-refractivity contribution is 7.10. The van der Waals surface area contributed by atoms with Gasteiger partial charge in [0.1, 0.15) is 5.01 Å². The second-order valence-corrected chi connectivity index (χ2v) is 8.85. The molecule has 7 heteroatoms. The number of rotatable bonds is 6. The molecule has 4 aromatic rings. The SMILES string of the molecule is O=C(NCC1(c2nc(-c3ccccc3)cs2)CCOCC1)c1ccc(-n2ccnc2)cc1. The molecule has 3 heterocycles. The molecule has 0 bridgehead atoms. The van der Waals surface area contributed by atoms with Crippen molar-refractivity contribution in [2.75, 3.05) is 19.8 Å². The van der Waals surface area contributed by atoms with E-state index in [1.54, 1.807) is 23.9 Å². The van der Waals surface area contributed by atoms with Crippen molar-refractivity contribution in [3.63, 3.8) is 0 Å². The first-order valence-corrected chi connectivity index (χ1v) is 11.6. The van der Waals surface area contributed by atoms with E-state index < -0.39 is 0 Å². The summed E-state index contributed by atoms with van der Waals surface area (Å²) < 4.78 is 7.54. The molecule has 1 saturated heterocycles. The Morgan fingerprint density at radius 3 is 2.59 bits per heavy atom. The molecule has 2 aromatic carbocycles. The Balaban J connectivity index is 1.32. The molecule has 1 fully saturated rings. The summed E-state index contributed by atoms with van der Waals surface area (Å²) in [5.74, 6) is -0.0760. The van der Waals surface area contributed by atoms with Crippen LogP contribution in [0.1, 0.15) is 28.2 Å². The van der Waals surface area contributed by atoms with E-state index >= 15 is 0 Å². The predicted octanol–water partition coefficient (Wildman–Crippen LogP) is 4.47. The molecule has 0 saturated carbocycles. The van der Waals surface area contributed by atoms with Gasteiger partial charge in [-0.2, -0.15) is 0 Å². The summed E-state index contributed by atoms with van der Waals surface area (Å²) in [4.78, 5) is 21.9. The zero-order valence-corrected chi connectivity index (χ0v) is 18.4. The number of ether oxygens (including phenoxy) is 1. The van der Waals surface area contributed by atoms with Crippen LogP contribution in [0.25, 0.3) is 16.9 Å². The summed E-state index contributed by atoms with van der Waals surface area (Å²) in [6.45, 7) is 1.89. The van der Waals surface area contributed by atoms with E-state index in [-0.39, 0.29) is 11.3 Å². The number of carbonyl (C=O) groups excluding carboxylic acids is 1. The molecular weight excluding hydrogens is 420 g/mol. The first-order chi connectivity index (χ1) is 15.7.